The Morgan fingerprint density at radius 2 is 1.53 bits per heavy atom. The lowest BCUT2D eigenvalue weighted by atomic mass is 9.95. The van der Waals surface area contributed by atoms with E-state index in [0.717, 1.165) is 22.3 Å². The molecule has 7 heteroatoms. The molecule has 2 aromatic rings. The van der Waals surface area contributed by atoms with Crippen molar-refractivity contribution in [2.45, 2.75) is 39.2 Å². The third-order valence-corrected chi connectivity index (χ3v) is 5.93. The summed E-state index contributed by atoms with van der Waals surface area (Å²) in [5, 5.41) is 14.5. The number of nitrogens with one attached hydrogen (secondary N) is 2. The molecule has 0 spiro atoms. The molecule has 3 N–H and O–H groups in total. The number of carboxylic acids is 1. The monoisotopic (exact) mass is 438 g/mol. The van der Waals surface area contributed by atoms with Crippen molar-refractivity contribution in [3.05, 3.63) is 59.7 Å². The van der Waals surface area contributed by atoms with Gasteiger partial charge in [0, 0.05) is 12.5 Å². The molecule has 3 rings (SSSR count). The third-order valence-electron chi connectivity index (χ3n) is 5.93. The van der Waals surface area contributed by atoms with Crippen molar-refractivity contribution in [1.82, 2.24) is 10.6 Å². The van der Waals surface area contributed by atoms with Crippen LogP contribution >= 0.6 is 0 Å². The molecule has 32 heavy (non-hydrogen) atoms. The van der Waals surface area contributed by atoms with Gasteiger partial charge in [-0.2, -0.15) is 0 Å². The number of rotatable bonds is 8. The fourth-order valence-corrected chi connectivity index (χ4v) is 3.98. The molecule has 1 atom stereocenters. The molecule has 0 aromatic heterocycles. The molecule has 1 aliphatic carbocycles. The van der Waals surface area contributed by atoms with Crippen molar-refractivity contribution < 1.29 is 24.2 Å². The van der Waals surface area contributed by atoms with Gasteiger partial charge < -0.3 is 20.5 Å². The smallest absolute Gasteiger partial charge is 0.408 e. The number of aliphatic carboxylic acids is 1. The zero-order valence-electron chi connectivity index (χ0n) is 18.8. The molecular weight excluding hydrogens is 408 g/mol. The Labute approximate surface area is 188 Å². The molecule has 0 bridgehead atoms. The highest BCUT2D eigenvalue weighted by molar-refractivity contribution is 5.89. The van der Waals surface area contributed by atoms with Crippen molar-refractivity contribution in [3.63, 3.8) is 0 Å². The number of hydrogen-bond acceptors (Lipinski definition) is 4. The lowest BCUT2D eigenvalue weighted by Gasteiger charge is -2.26. The molecule has 0 saturated heterocycles. The van der Waals surface area contributed by atoms with Gasteiger partial charge in [-0.1, -0.05) is 62.4 Å². The average molecular weight is 439 g/mol. The molecule has 170 valence electrons. The van der Waals surface area contributed by atoms with E-state index in [4.69, 9.17) is 4.74 Å². The zero-order chi connectivity index (χ0) is 23.5. The first kappa shape index (κ1) is 23.3. The Balaban J connectivity index is 1.60. The molecular formula is C25H30N2O5. The number of benzene rings is 2. The molecule has 0 aliphatic heterocycles. The van der Waals surface area contributed by atoms with Crippen LogP contribution in [-0.4, -0.2) is 41.8 Å². The van der Waals surface area contributed by atoms with Crippen LogP contribution in [0.3, 0.4) is 0 Å². The highest BCUT2D eigenvalue weighted by Gasteiger charge is 2.33. The average Bonchev–Trinajstić information content (AvgIpc) is 3.05. The molecule has 1 unspecified atom stereocenters. The summed E-state index contributed by atoms with van der Waals surface area (Å²) >= 11 is 0. The van der Waals surface area contributed by atoms with Gasteiger partial charge in [0.05, 0.1) is 5.92 Å². The number of carboxylic acid groups (broad SMARTS) is 1. The third kappa shape index (κ3) is 4.93. The number of alkyl carbamates (subject to hydrolysis) is 1. The predicted molar refractivity (Wildman–Crippen MR) is 121 cm³/mol. The van der Waals surface area contributed by atoms with Crippen LogP contribution in [0.15, 0.2) is 48.5 Å². The summed E-state index contributed by atoms with van der Waals surface area (Å²) in [4.78, 5) is 36.4. The lowest BCUT2D eigenvalue weighted by molar-refractivity contribution is -0.143. The number of hydrogen-bond donors (Lipinski definition) is 3. The highest BCUT2D eigenvalue weighted by Crippen LogP contribution is 2.44. The van der Waals surface area contributed by atoms with Crippen molar-refractivity contribution in [2.75, 3.05) is 13.2 Å². The largest absolute Gasteiger partial charge is 0.481 e. The number of ether oxygens (including phenoxy) is 1. The molecule has 2 amide bonds. The maximum absolute atomic E-state index is 12.6. The summed E-state index contributed by atoms with van der Waals surface area (Å²) in [7, 11) is 0. The second-order valence-corrected chi connectivity index (χ2v) is 8.97. The second kappa shape index (κ2) is 9.42. The van der Waals surface area contributed by atoms with E-state index in [1.807, 2.05) is 36.4 Å². The summed E-state index contributed by atoms with van der Waals surface area (Å²) in [5.74, 6) is -2.36. The molecule has 1 aliphatic rings. The number of carbonyl (C=O) groups is 3. The lowest BCUT2D eigenvalue weighted by Crippen LogP contribution is -2.56. The van der Waals surface area contributed by atoms with Crippen LogP contribution in [0, 0.1) is 11.8 Å². The SMILES string of the molecule is CC(C)C(CNC(=O)C(C)(C)NC(=O)OCC1c2ccccc2-c2ccccc21)C(=O)O. The fourth-order valence-electron chi connectivity index (χ4n) is 3.98. The van der Waals surface area contributed by atoms with E-state index < -0.39 is 29.4 Å². The van der Waals surface area contributed by atoms with Crippen LogP contribution in [-0.2, 0) is 14.3 Å². The van der Waals surface area contributed by atoms with Crippen LogP contribution in [0.2, 0.25) is 0 Å². The van der Waals surface area contributed by atoms with Gasteiger partial charge in [-0.3, -0.25) is 9.59 Å². The van der Waals surface area contributed by atoms with Crippen LogP contribution in [0.25, 0.3) is 11.1 Å². The van der Waals surface area contributed by atoms with E-state index >= 15 is 0 Å². The Bertz CT molecular complexity index is 969. The van der Waals surface area contributed by atoms with E-state index in [9.17, 15) is 19.5 Å². The van der Waals surface area contributed by atoms with Crippen LogP contribution in [0.4, 0.5) is 4.79 Å². The van der Waals surface area contributed by atoms with Gasteiger partial charge in [0.1, 0.15) is 12.1 Å². The van der Waals surface area contributed by atoms with Gasteiger partial charge in [-0.15, -0.1) is 0 Å². The molecule has 0 heterocycles. The molecule has 0 radical (unpaired) electrons. The number of amides is 2. The second-order valence-electron chi connectivity index (χ2n) is 8.97. The molecule has 7 nitrogen and oxygen atoms in total. The Kier molecular flexibility index (Phi) is 6.87. The van der Waals surface area contributed by atoms with Crippen molar-refractivity contribution in [1.29, 1.82) is 0 Å². The van der Waals surface area contributed by atoms with Gasteiger partial charge in [0.25, 0.3) is 0 Å². The van der Waals surface area contributed by atoms with E-state index in [2.05, 4.69) is 22.8 Å². The standard InChI is InChI=1S/C25H30N2O5/c1-15(2)20(22(28)29)13-26-23(30)25(3,4)27-24(31)32-14-21-18-11-7-5-9-16(18)17-10-6-8-12-19(17)21/h5-12,15,20-21H,13-14H2,1-4H3,(H,26,30)(H,27,31)(H,28,29). The van der Waals surface area contributed by atoms with Crippen molar-refractivity contribution in [2.24, 2.45) is 11.8 Å². The van der Waals surface area contributed by atoms with Gasteiger partial charge in [0.15, 0.2) is 0 Å². The summed E-state index contributed by atoms with van der Waals surface area (Å²) in [5.41, 5.74) is 3.21. The first-order valence-corrected chi connectivity index (χ1v) is 10.8. The van der Waals surface area contributed by atoms with Gasteiger partial charge in [-0.25, -0.2) is 4.79 Å². The quantitative estimate of drug-likeness (QED) is 0.582. The van der Waals surface area contributed by atoms with Crippen molar-refractivity contribution >= 4 is 18.0 Å². The Morgan fingerprint density at radius 1 is 1.00 bits per heavy atom. The minimum Gasteiger partial charge on any atom is -0.481 e. The van der Waals surface area contributed by atoms with Crippen molar-refractivity contribution in [3.8, 4) is 11.1 Å². The van der Waals surface area contributed by atoms with E-state index in [0.29, 0.717) is 0 Å². The minimum absolute atomic E-state index is 0.0123. The summed E-state index contributed by atoms with van der Waals surface area (Å²) in [6.45, 7) is 6.80. The van der Waals surface area contributed by atoms with Crippen LogP contribution in [0.1, 0.15) is 44.7 Å². The van der Waals surface area contributed by atoms with E-state index in [1.54, 1.807) is 27.7 Å². The summed E-state index contributed by atoms with van der Waals surface area (Å²) < 4.78 is 5.50. The zero-order valence-corrected chi connectivity index (χ0v) is 18.8. The normalized spacial score (nSPS) is 13.8. The predicted octanol–water partition coefficient (Wildman–Crippen LogP) is 3.78. The topological polar surface area (TPSA) is 105 Å². The van der Waals surface area contributed by atoms with Crippen LogP contribution < -0.4 is 10.6 Å². The van der Waals surface area contributed by atoms with Gasteiger partial charge >= 0.3 is 12.1 Å². The Hall–Kier alpha value is -3.35. The van der Waals surface area contributed by atoms with E-state index in [-0.39, 0.29) is 25.0 Å². The summed E-state index contributed by atoms with van der Waals surface area (Å²) in [6.07, 6.45) is -0.703. The highest BCUT2D eigenvalue weighted by atomic mass is 16.5. The van der Waals surface area contributed by atoms with E-state index in [1.165, 1.54) is 0 Å². The van der Waals surface area contributed by atoms with Crippen LogP contribution in [0.5, 0.6) is 0 Å². The molecule has 0 saturated carbocycles. The molecule has 2 aromatic carbocycles. The first-order chi connectivity index (χ1) is 15.1. The number of fused-ring (bicyclic) bond motifs is 3. The summed E-state index contributed by atoms with van der Waals surface area (Å²) in [6, 6.07) is 16.1. The number of carbonyl (C=O) groups excluding carboxylic acids is 2. The first-order valence-electron chi connectivity index (χ1n) is 10.8. The van der Waals surface area contributed by atoms with Gasteiger partial charge in [-0.05, 0) is 42.0 Å². The Morgan fingerprint density at radius 3 is 2.03 bits per heavy atom. The fraction of sp³-hybridized carbons (Fsp3) is 0.400. The molecule has 0 fully saturated rings. The minimum atomic E-state index is -1.26. The maximum atomic E-state index is 12.6. The van der Waals surface area contributed by atoms with Gasteiger partial charge in [0.2, 0.25) is 5.91 Å². The maximum Gasteiger partial charge on any atom is 0.408 e.